The lowest BCUT2D eigenvalue weighted by Gasteiger charge is -2.08. The van der Waals surface area contributed by atoms with Crippen LogP contribution < -0.4 is 5.32 Å². The van der Waals surface area contributed by atoms with Gasteiger partial charge in [-0.05, 0) is 31.2 Å². The van der Waals surface area contributed by atoms with E-state index in [2.05, 4.69) is 10.4 Å². The predicted molar refractivity (Wildman–Crippen MR) is 74.0 cm³/mol. The third kappa shape index (κ3) is 3.36. The number of carbonyl (C=O) groups is 2. The van der Waals surface area contributed by atoms with Crippen LogP contribution in [0.15, 0.2) is 30.5 Å². The number of aromatic carboxylic acids is 1. The molecular weight excluding hydrogens is 282 g/mol. The average molecular weight is 294 g/mol. The quantitative estimate of drug-likeness (QED) is 0.905. The molecule has 2 N–H and O–H groups in total. The molecule has 0 radical (unpaired) electrons. The normalized spacial score (nSPS) is 10.3. The molecule has 1 aromatic carbocycles. The monoisotopic (exact) mass is 293 g/mol. The van der Waals surface area contributed by atoms with Crippen molar-refractivity contribution in [3.63, 3.8) is 0 Å². The van der Waals surface area contributed by atoms with E-state index >= 15 is 0 Å². The van der Waals surface area contributed by atoms with Crippen molar-refractivity contribution in [3.8, 4) is 0 Å². The van der Waals surface area contributed by atoms with Crippen LogP contribution >= 0.6 is 11.6 Å². The maximum Gasteiger partial charge on any atom is 0.335 e. The number of nitrogens with one attached hydrogen (secondary N) is 1. The minimum absolute atomic E-state index is 0.0292. The Morgan fingerprint density at radius 2 is 2.15 bits per heavy atom. The van der Waals surface area contributed by atoms with Gasteiger partial charge in [-0.2, -0.15) is 5.10 Å². The molecule has 20 heavy (non-hydrogen) atoms. The molecule has 0 fully saturated rings. The van der Waals surface area contributed by atoms with E-state index in [4.69, 9.17) is 16.7 Å². The number of halogens is 1. The molecule has 1 amide bonds. The number of hydrogen-bond acceptors (Lipinski definition) is 3. The van der Waals surface area contributed by atoms with Crippen molar-refractivity contribution < 1.29 is 14.7 Å². The summed E-state index contributed by atoms with van der Waals surface area (Å²) in [6, 6.07) is 5.90. The highest BCUT2D eigenvalue weighted by Gasteiger charge is 2.10. The fourth-order valence-electron chi connectivity index (χ4n) is 1.64. The second-order valence-electron chi connectivity index (χ2n) is 4.20. The number of benzene rings is 1. The molecule has 0 spiro atoms. The Morgan fingerprint density at radius 3 is 2.75 bits per heavy atom. The summed E-state index contributed by atoms with van der Waals surface area (Å²) in [6.45, 7) is 1.85. The molecule has 0 aliphatic heterocycles. The summed E-state index contributed by atoms with van der Waals surface area (Å²) >= 11 is 5.92. The summed E-state index contributed by atoms with van der Waals surface area (Å²) in [5.74, 6) is -1.42. The molecule has 2 aromatic rings. The number of hydrogen-bond donors (Lipinski definition) is 2. The van der Waals surface area contributed by atoms with E-state index in [-0.39, 0.29) is 28.7 Å². The Hall–Kier alpha value is -2.34. The third-order valence-electron chi connectivity index (χ3n) is 2.57. The first kappa shape index (κ1) is 14.1. The fourth-order valence-corrected chi connectivity index (χ4v) is 1.81. The first-order chi connectivity index (χ1) is 9.45. The highest BCUT2D eigenvalue weighted by Crippen LogP contribution is 2.23. The molecule has 0 unspecified atom stereocenters. The lowest BCUT2D eigenvalue weighted by Crippen LogP contribution is -2.19. The number of anilines is 1. The van der Waals surface area contributed by atoms with Crippen LogP contribution in [0.4, 0.5) is 5.69 Å². The Morgan fingerprint density at radius 1 is 1.40 bits per heavy atom. The van der Waals surface area contributed by atoms with Gasteiger partial charge in [-0.25, -0.2) is 4.79 Å². The maximum absolute atomic E-state index is 11.8. The molecule has 0 atom stereocenters. The fraction of sp³-hybridized carbons (Fsp3) is 0.154. The van der Waals surface area contributed by atoms with Crippen molar-refractivity contribution in [1.82, 2.24) is 9.78 Å². The van der Waals surface area contributed by atoms with E-state index in [1.807, 2.05) is 6.92 Å². The standard InChI is InChI=1S/C13H12ClN3O3/c1-8-4-5-17(16-8)7-12(18)15-11-6-9(13(19)20)2-3-10(11)14/h2-6H,7H2,1H3,(H,15,18)(H,19,20). The second-order valence-corrected chi connectivity index (χ2v) is 4.61. The van der Waals surface area contributed by atoms with Crippen molar-refractivity contribution in [2.24, 2.45) is 0 Å². The summed E-state index contributed by atoms with van der Waals surface area (Å²) < 4.78 is 1.49. The van der Waals surface area contributed by atoms with Gasteiger partial charge in [-0.1, -0.05) is 11.6 Å². The number of carboxylic acids is 1. The number of aromatic nitrogens is 2. The summed E-state index contributed by atoms with van der Waals surface area (Å²) in [5.41, 5.74) is 1.13. The third-order valence-corrected chi connectivity index (χ3v) is 2.90. The van der Waals surface area contributed by atoms with Crippen molar-refractivity contribution in [3.05, 3.63) is 46.7 Å². The molecule has 1 aromatic heterocycles. The molecule has 0 aliphatic carbocycles. The summed E-state index contributed by atoms with van der Waals surface area (Å²) in [4.78, 5) is 22.7. The van der Waals surface area contributed by atoms with E-state index in [0.717, 1.165) is 5.69 Å². The molecule has 1 heterocycles. The van der Waals surface area contributed by atoms with Gasteiger partial charge in [0.2, 0.25) is 5.91 Å². The highest BCUT2D eigenvalue weighted by molar-refractivity contribution is 6.33. The number of nitrogens with zero attached hydrogens (tertiary/aromatic N) is 2. The van der Waals surface area contributed by atoms with E-state index < -0.39 is 5.97 Å². The zero-order chi connectivity index (χ0) is 14.7. The van der Waals surface area contributed by atoms with E-state index in [1.54, 1.807) is 12.3 Å². The van der Waals surface area contributed by atoms with Gasteiger partial charge in [0.15, 0.2) is 0 Å². The maximum atomic E-state index is 11.8. The second kappa shape index (κ2) is 5.75. The van der Waals surface area contributed by atoms with Crippen molar-refractivity contribution >= 4 is 29.2 Å². The smallest absolute Gasteiger partial charge is 0.335 e. The number of carboxylic acid groups (broad SMARTS) is 1. The molecular formula is C13H12ClN3O3. The molecule has 7 heteroatoms. The van der Waals surface area contributed by atoms with Crippen molar-refractivity contribution in [1.29, 1.82) is 0 Å². The lowest BCUT2D eigenvalue weighted by atomic mass is 10.2. The Bertz CT molecular complexity index is 667. The number of carbonyl (C=O) groups excluding carboxylic acids is 1. The van der Waals surface area contributed by atoms with Crippen LogP contribution in [0.5, 0.6) is 0 Å². The van der Waals surface area contributed by atoms with E-state index in [0.29, 0.717) is 0 Å². The molecule has 0 aliphatic rings. The molecule has 0 saturated heterocycles. The lowest BCUT2D eigenvalue weighted by molar-refractivity contribution is -0.116. The number of aryl methyl sites for hydroxylation is 1. The van der Waals surface area contributed by atoms with Crippen molar-refractivity contribution in [2.45, 2.75) is 13.5 Å². The van der Waals surface area contributed by atoms with Crippen LogP contribution in [0.1, 0.15) is 16.1 Å². The van der Waals surface area contributed by atoms with Gasteiger partial charge in [0.05, 0.1) is 22.0 Å². The van der Waals surface area contributed by atoms with Gasteiger partial charge in [0.25, 0.3) is 0 Å². The summed E-state index contributed by atoms with van der Waals surface area (Å²) in [7, 11) is 0. The average Bonchev–Trinajstić information content (AvgIpc) is 2.77. The van der Waals surface area contributed by atoms with Gasteiger partial charge in [-0.3, -0.25) is 9.48 Å². The zero-order valence-corrected chi connectivity index (χ0v) is 11.4. The van der Waals surface area contributed by atoms with E-state index in [1.165, 1.54) is 22.9 Å². The highest BCUT2D eigenvalue weighted by atomic mass is 35.5. The first-order valence-electron chi connectivity index (χ1n) is 5.78. The van der Waals surface area contributed by atoms with Crippen LogP contribution in [-0.2, 0) is 11.3 Å². The van der Waals surface area contributed by atoms with Crippen LogP contribution in [0.2, 0.25) is 5.02 Å². The first-order valence-corrected chi connectivity index (χ1v) is 6.16. The zero-order valence-electron chi connectivity index (χ0n) is 10.6. The molecule has 0 saturated carbocycles. The summed E-state index contributed by atoms with van der Waals surface area (Å²) in [6.07, 6.45) is 1.68. The van der Waals surface area contributed by atoms with Crippen LogP contribution in [0.3, 0.4) is 0 Å². The van der Waals surface area contributed by atoms with Gasteiger partial charge < -0.3 is 10.4 Å². The topological polar surface area (TPSA) is 84.2 Å². The van der Waals surface area contributed by atoms with Crippen LogP contribution in [0, 0.1) is 6.92 Å². The van der Waals surface area contributed by atoms with Gasteiger partial charge >= 0.3 is 5.97 Å². The van der Waals surface area contributed by atoms with E-state index in [9.17, 15) is 9.59 Å². The largest absolute Gasteiger partial charge is 0.478 e. The summed E-state index contributed by atoms with van der Waals surface area (Å²) in [5, 5.41) is 15.8. The SMILES string of the molecule is Cc1ccn(CC(=O)Nc2cc(C(=O)O)ccc2Cl)n1. The molecule has 0 bridgehead atoms. The number of rotatable bonds is 4. The molecule has 2 rings (SSSR count). The van der Waals surface area contributed by atoms with Gasteiger partial charge in [-0.15, -0.1) is 0 Å². The Labute approximate surface area is 120 Å². The van der Waals surface area contributed by atoms with Gasteiger partial charge in [0, 0.05) is 6.20 Å². The van der Waals surface area contributed by atoms with Crippen LogP contribution in [0.25, 0.3) is 0 Å². The minimum atomic E-state index is -1.08. The molecule has 104 valence electrons. The minimum Gasteiger partial charge on any atom is -0.478 e. The van der Waals surface area contributed by atoms with Gasteiger partial charge in [0.1, 0.15) is 6.54 Å². The molecule has 6 nitrogen and oxygen atoms in total. The van der Waals surface area contributed by atoms with Crippen LogP contribution in [-0.4, -0.2) is 26.8 Å². The Kier molecular flexibility index (Phi) is 4.05. The number of amides is 1. The predicted octanol–water partition coefficient (Wildman–Crippen LogP) is 2.18. The van der Waals surface area contributed by atoms with Crippen molar-refractivity contribution in [2.75, 3.05) is 5.32 Å². The Balaban J connectivity index is 2.11.